The average molecular weight is 432 g/mol. The predicted molar refractivity (Wildman–Crippen MR) is 124 cm³/mol. The summed E-state index contributed by atoms with van der Waals surface area (Å²) < 4.78 is 3.85. The third kappa shape index (κ3) is 4.12. The number of nitrogens with one attached hydrogen (secondary N) is 1. The van der Waals surface area contributed by atoms with E-state index in [2.05, 4.69) is 77.6 Å². The van der Waals surface area contributed by atoms with Crippen molar-refractivity contribution in [2.75, 3.05) is 0 Å². The molecule has 4 rings (SSSR count). The van der Waals surface area contributed by atoms with Gasteiger partial charge < -0.3 is 0 Å². The molecule has 8 nitrogen and oxygen atoms in total. The summed E-state index contributed by atoms with van der Waals surface area (Å²) in [6, 6.07) is 12.3. The van der Waals surface area contributed by atoms with Crippen LogP contribution in [0, 0.1) is 6.92 Å². The molecule has 0 aliphatic heterocycles. The second-order valence-electron chi connectivity index (χ2n) is 8.31. The summed E-state index contributed by atoms with van der Waals surface area (Å²) in [6.07, 6.45) is 4.81. The maximum Gasteiger partial charge on any atom is 0.329 e. The van der Waals surface area contributed by atoms with Gasteiger partial charge in [-0.25, -0.2) is 9.89 Å². The van der Waals surface area contributed by atoms with E-state index in [0.717, 1.165) is 47.3 Å². The summed E-state index contributed by atoms with van der Waals surface area (Å²) in [4.78, 5) is 17.6. The second kappa shape index (κ2) is 9.30. The summed E-state index contributed by atoms with van der Waals surface area (Å²) >= 11 is 0. The zero-order valence-electron chi connectivity index (χ0n) is 19.0. The molecular weight excluding hydrogens is 402 g/mol. The highest BCUT2D eigenvalue weighted by Crippen LogP contribution is 2.28. The Balaban J connectivity index is 1.66. The lowest BCUT2D eigenvalue weighted by atomic mass is 10.0. The number of imidazole rings is 1. The molecule has 0 atom stereocenters. The van der Waals surface area contributed by atoms with Crippen LogP contribution in [-0.2, 0) is 13.0 Å². The first kappa shape index (κ1) is 21.7. The van der Waals surface area contributed by atoms with E-state index >= 15 is 0 Å². The molecule has 1 aromatic carbocycles. The lowest BCUT2D eigenvalue weighted by Gasteiger charge is -2.10. The number of aromatic amines is 1. The van der Waals surface area contributed by atoms with Crippen molar-refractivity contribution in [3.63, 3.8) is 0 Å². The van der Waals surface area contributed by atoms with Crippen molar-refractivity contribution in [1.82, 2.24) is 34.7 Å². The Morgan fingerprint density at radius 2 is 1.91 bits per heavy atom. The van der Waals surface area contributed by atoms with Crippen molar-refractivity contribution < 1.29 is 0 Å². The maximum absolute atomic E-state index is 13.2. The Morgan fingerprint density at radius 1 is 1.12 bits per heavy atom. The molecule has 0 aliphatic rings. The largest absolute Gasteiger partial charge is 0.329 e. The third-order valence-electron chi connectivity index (χ3n) is 5.81. The molecule has 3 heterocycles. The standard InChI is InChI=1S/C24H29N7O/c1-5-6-9-21-17(4)31(16(2)3)24(32)30(21)15-18-10-12-19(13-11-18)20-8-7-14-25-22(20)23-26-28-29-27-23/h7-8,10-14,16H,5-6,9,15H2,1-4H3,(H,26,27,28,29). The highest BCUT2D eigenvalue weighted by atomic mass is 16.1. The van der Waals surface area contributed by atoms with Gasteiger partial charge in [0.05, 0.1) is 6.54 Å². The molecule has 0 amide bonds. The van der Waals surface area contributed by atoms with Crippen LogP contribution in [0.5, 0.6) is 0 Å². The van der Waals surface area contributed by atoms with Gasteiger partial charge in [0.2, 0.25) is 0 Å². The van der Waals surface area contributed by atoms with E-state index in [1.165, 1.54) is 0 Å². The monoisotopic (exact) mass is 431 g/mol. The molecule has 0 saturated heterocycles. The fourth-order valence-corrected chi connectivity index (χ4v) is 4.21. The summed E-state index contributed by atoms with van der Waals surface area (Å²) in [5, 5.41) is 14.1. The first-order chi connectivity index (χ1) is 15.5. The fraction of sp³-hybridized carbons (Fsp3) is 0.375. The average Bonchev–Trinajstić information content (AvgIpc) is 3.40. The number of rotatable bonds is 8. The second-order valence-corrected chi connectivity index (χ2v) is 8.31. The summed E-state index contributed by atoms with van der Waals surface area (Å²) in [7, 11) is 0. The maximum atomic E-state index is 13.2. The number of aromatic nitrogens is 7. The number of H-pyrrole nitrogens is 1. The van der Waals surface area contributed by atoms with Gasteiger partial charge in [-0.15, -0.1) is 5.10 Å². The van der Waals surface area contributed by atoms with Crippen molar-refractivity contribution in [2.24, 2.45) is 0 Å². The molecule has 0 fully saturated rings. The van der Waals surface area contributed by atoms with E-state index in [4.69, 9.17) is 0 Å². The summed E-state index contributed by atoms with van der Waals surface area (Å²) in [5.41, 5.74) is 6.04. The van der Waals surface area contributed by atoms with Gasteiger partial charge in [0.15, 0.2) is 5.82 Å². The molecule has 8 heteroatoms. The lowest BCUT2D eigenvalue weighted by Crippen LogP contribution is -2.27. The van der Waals surface area contributed by atoms with Gasteiger partial charge in [-0.2, -0.15) is 0 Å². The zero-order valence-corrected chi connectivity index (χ0v) is 19.0. The molecule has 32 heavy (non-hydrogen) atoms. The van der Waals surface area contributed by atoms with Crippen molar-refractivity contribution in [3.05, 3.63) is 70.0 Å². The van der Waals surface area contributed by atoms with E-state index in [9.17, 15) is 4.79 Å². The number of unbranched alkanes of at least 4 members (excludes halogenated alkanes) is 1. The van der Waals surface area contributed by atoms with Crippen LogP contribution in [-0.4, -0.2) is 34.7 Å². The molecule has 166 valence electrons. The van der Waals surface area contributed by atoms with Gasteiger partial charge in [-0.1, -0.05) is 43.7 Å². The van der Waals surface area contributed by atoms with Crippen LogP contribution in [0.15, 0.2) is 47.4 Å². The minimum Gasteiger partial charge on any atom is -0.294 e. The van der Waals surface area contributed by atoms with Gasteiger partial charge in [0.25, 0.3) is 0 Å². The summed E-state index contributed by atoms with van der Waals surface area (Å²) in [5.74, 6) is 0.530. The van der Waals surface area contributed by atoms with Crippen LogP contribution in [0.2, 0.25) is 0 Å². The van der Waals surface area contributed by atoms with Crippen LogP contribution in [0.3, 0.4) is 0 Å². The Morgan fingerprint density at radius 3 is 2.56 bits per heavy atom. The first-order valence-electron chi connectivity index (χ1n) is 11.1. The molecule has 3 aromatic heterocycles. The highest BCUT2D eigenvalue weighted by molar-refractivity contribution is 5.77. The number of pyridine rings is 1. The van der Waals surface area contributed by atoms with E-state index in [0.29, 0.717) is 18.1 Å². The first-order valence-corrected chi connectivity index (χ1v) is 11.1. The zero-order chi connectivity index (χ0) is 22.7. The molecule has 4 aromatic rings. The topological polar surface area (TPSA) is 94.3 Å². The molecule has 1 N–H and O–H groups in total. The molecule has 0 saturated carbocycles. The fourth-order valence-electron chi connectivity index (χ4n) is 4.21. The molecule has 0 bridgehead atoms. The van der Waals surface area contributed by atoms with Crippen LogP contribution in [0.1, 0.15) is 56.6 Å². The highest BCUT2D eigenvalue weighted by Gasteiger charge is 2.18. The predicted octanol–water partition coefficient (Wildman–Crippen LogP) is 4.17. The van der Waals surface area contributed by atoms with Gasteiger partial charge >= 0.3 is 5.69 Å². The minimum absolute atomic E-state index is 0.0695. The third-order valence-corrected chi connectivity index (χ3v) is 5.81. The van der Waals surface area contributed by atoms with Crippen LogP contribution >= 0.6 is 0 Å². The van der Waals surface area contributed by atoms with Crippen LogP contribution < -0.4 is 5.69 Å². The van der Waals surface area contributed by atoms with Gasteiger partial charge in [0, 0.05) is 29.2 Å². The number of nitrogens with zero attached hydrogens (tertiary/aromatic N) is 6. The van der Waals surface area contributed by atoms with Crippen molar-refractivity contribution >= 4 is 0 Å². The van der Waals surface area contributed by atoms with Gasteiger partial charge in [-0.3, -0.25) is 14.1 Å². The Bertz CT molecular complexity index is 1230. The Hall–Kier alpha value is -3.55. The Kier molecular flexibility index (Phi) is 6.30. The SMILES string of the molecule is CCCCc1c(C)n(C(C)C)c(=O)n1Cc1ccc(-c2cccnc2-c2nnn[nH]2)cc1. The van der Waals surface area contributed by atoms with Gasteiger partial charge in [-0.05, 0) is 61.2 Å². The number of hydrogen-bond donors (Lipinski definition) is 1. The minimum atomic E-state index is 0.0695. The summed E-state index contributed by atoms with van der Waals surface area (Å²) in [6.45, 7) is 8.93. The van der Waals surface area contributed by atoms with Crippen LogP contribution in [0.4, 0.5) is 0 Å². The van der Waals surface area contributed by atoms with Crippen molar-refractivity contribution in [1.29, 1.82) is 0 Å². The molecular formula is C24H29N7O. The molecule has 0 radical (unpaired) electrons. The number of benzene rings is 1. The van der Waals surface area contributed by atoms with E-state index < -0.39 is 0 Å². The molecule has 0 unspecified atom stereocenters. The van der Waals surface area contributed by atoms with Crippen molar-refractivity contribution in [2.45, 2.75) is 59.5 Å². The molecule has 0 spiro atoms. The van der Waals surface area contributed by atoms with E-state index in [-0.39, 0.29) is 11.7 Å². The smallest absolute Gasteiger partial charge is 0.294 e. The number of tetrazole rings is 1. The van der Waals surface area contributed by atoms with Crippen LogP contribution in [0.25, 0.3) is 22.6 Å². The normalized spacial score (nSPS) is 11.4. The molecule has 0 aliphatic carbocycles. The van der Waals surface area contributed by atoms with E-state index in [1.54, 1.807) is 6.20 Å². The van der Waals surface area contributed by atoms with Gasteiger partial charge in [0.1, 0.15) is 5.69 Å². The lowest BCUT2D eigenvalue weighted by molar-refractivity contribution is 0.550. The Labute approximate surface area is 187 Å². The van der Waals surface area contributed by atoms with E-state index in [1.807, 2.05) is 21.3 Å². The quantitative estimate of drug-likeness (QED) is 0.452. The number of hydrogen-bond acceptors (Lipinski definition) is 5. The van der Waals surface area contributed by atoms with Crippen molar-refractivity contribution in [3.8, 4) is 22.6 Å².